The van der Waals surface area contributed by atoms with Gasteiger partial charge in [-0.1, -0.05) is 0 Å². The highest BCUT2D eigenvalue weighted by molar-refractivity contribution is 9.13. The number of carbonyl (C=O) groups is 1. The summed E-state index contributed by atoms with van der Waals surface area (Å²) >= 11 is 6.62. The molecule has 0 saturated heterocycles. The SMILES string of the molecule is CC(NCc1cc(Br)c(Br)o1)C(=O)NC1CC1. The first kappa shape index (κ1) is 13.1. The fourth-order valence-electron chi connectivity index (χ4n) is 1.38. The van der Waals surface area contributed by atoms with Gasteiger partial charge in [0.15, 0.2) is 4.67 Å². The van der Waals surface area contributed by atoms with Crippen LogP contribution in [0.15, 0.2) is 19.6 Å². The van der Waals surface area contributed by atoms with E-state index < -0.39 is 0 Å². The van der Waals surface area contributed by atoms with E-state index in [2.05, 4.69) is 42.5 Å². The molecule has 0 bridgehead atoms. The molecule has 1 aliphatic carbocycles. The molecule has 1 aromatic rings. The van der Waals surface area contributed by atoms with Crippen LogP contribution in [0.4, 0.5) is 0 Å². The molecule has 0 radical (unpaired) electrons. The maximum Gasteiger partial charge on any atom is 0.237 e. The summed E-state index contributed by atoms with van der Waals surface area (Å²) in [7, 11) is 0. The third kappa shape index (κ3) is 3.82. The zero-order valence-corrected chi connectivity index (χ0v) is 12.6. The van der Waals surface area contributed by atoms with Crippen molar-refractivity contribution in [1.82, 2.24) is 10.6 Å². The fraction of sp³-hybridized carbons (Fsp3) is 0.545. The number of hydrogen-bond donors (Lipinski definition) is 2. The van der Waals surface area contributed by atoms with Crippen LogP contribution in [-0.2, 0) is 11.3 Å². The molecule has 1 saturated carbocycles. The first-order valence-electron chi connectivity index (χ1n) is 5.53. The maximum absolute atomic E-state index is 11.7. The summed E-state index contributed by atoms with van der Waals surface area (Å²) < 4.78 is 6.96. The van der Waals surface area contributed by atoms with E-state index in [1.54, 1.807) is 0 Å². The van der Waals surface area contributed by atoms with Gasteiger partial charge in [0.05, 0.1) is 17.1 Å². The fourth-order valence-corrected chi connectivity index (χ4v) is 2.04. The molecule has 6 heteroatoms. The van der Waals surface area contributed by atoms with Gasteiger partial charge >= 0.3 is 0 Å². The van der Waals surface area contributed by atoms with Gasteiger partial charge in [0.25, 0.3) is 0 Å². The molecule has 2 rings (SSSR count). The summed E-state index contributed by atoms with van der Waals surface area (Å²) in [6.45, 7) is 2.38. The van der Waals surface area contributed by atoms with Crippen molar-refractivity contribution < 1.29 is 9.21 Å². The second kappa shape index (κ2) is 5.54. The molecule has 0 spiro atoms. The Morgan fingerprint density at radius 1 is 1.59 bits per heavy atom. The molecular weight excluding hydrogens is 352 g/mol. The maximum atomic E-state index is 11.7. The highest BCUT2D eigenvalue weighted by atomic mass is 79.9. The topological polar surface area (TPSA) is 54.3 Å². The second-order valence-corrected chi connectivity index (χ2v) is 5.79. The molecule has 1 heterocycles. The minimum Gasteiger partial charge on any atom is -0.452 e. The smallest absolute Gasteiger partial charge is 0.237 e. The quantitative estimate of drug-likeness (QED) is 0.843. The predicted molar refractivity (Wildman–Crippen MR) is 71.6 cm³/mol. The Bertz CT molecular complexity index is 396. The molecular formula is C11H14Br2N2O2. The van der Waals surface area contributed by atoms with Gasteiger partial charge in [0.1, 0.15) is 5.76 Å². The van der Waals surface area contributed by atoms with Crippen LogP contribution < -0.4 is 10.6 Å². The number of amides is 1. The molecule has 1 atom stereocenters. The van der Waals surface area contributed by atoms with E-state index in [0.717, 1.165) is 23.1 Å². The molecule has 17 heavy (non-hydrogen) atoms. The van der Waals surface area contributed by atoms with Crippen LogP contribution in [0.5, 0.6) is 0 Å². The van der Waals surface area contributed by atoms with Crippen molar-refractivity contribution in [2.75, 3.05) is 0 Å². The van der Waals surface area contributed by atoms with E-state index in [9.17, 15) is 4.79 Å². The average Bonchev–Trinajstić information content (AvgIpc) is 3.03. The molecule has 1 amide bonds. The molecule has 1 aliphatic rings. The molecule has 0 aliphatic heterocycles. The van der Waals surface area contributed by atoms with E-state index >= 15 is 0 Å². The van der Waals surface area contributed by atoms with E-state index in [1.165, 1.54) is 0 Å². The Balaban J connectivity index is 1.78. The van der Waals surface area contributed by atoms with Crippen LogP contribution in [0.25, 0.3) is 0 Å². The Morgan fingerprint density at radius 3 is 2.82 bits per heavy atom. The van der Waals surface area contributed by atoms with Gasteiger partial charge in [0.2, 0.25) is 5.91 Å². The van der Waals surface area contributed by atoms with Crippen LogP contribution in [0.2, 0.25) is 0 Å². The van der Waals surface area contributed by atoms with E-state index in [1.807, 2.05) is 13.0 Å². The summed E-state index contributed by atoms with van der Waals surface area (Å²) in [5.41, 5.74) is 0. The number of nitrogens with one attached hydrogen (secondary N) is 2. The zero-order valence-electron chi connectivity index (χ0n) is 9.43. The van der Waals surface area contributed by atoms with Gasteiger partial charge in [-0.05, 0) is 57.7 Å². The largest absolute Gasteiger partial charge is 0.452 e. The van der Waals surface area contributed by atoms with E-state index in [4.69, 9.17) is 4.42 Å². The van der Waals surface area contributed by atoms with Crippen LogP contribution in [-0.4, -0.2) is 18.0 Å². The van der Waals surface area contributed by atoms with Crippen molar-refractivity contribution in [2.45, 2.75) is 38.4 Å². The van der Waals surface area contributed by atoms with Crippen molar-refractivity contribution in [3.8, 4) is 0 Å². The Morgan fingerprint density at radius 2 is 2.29 bits per heavy atom. The second-order valence-electron chi connectivity index (χ2n) is 4.22. The van der Waals surface area contributed by atoms with Crippen LogP contribution in [0.1, 0.15) is 25.5 Å². The predicted octanol–water partition coefficient (Wildman–Crippen LogP) is 2.56. The van der Waals surface area contributed by atoms with Gasteiger partial charge < -0.3 is 9.73 Å². The van der Waals surface area contributed by atoms with Gasteiger partial charge in [-0.3, -0.25) is 10.1 Å². The lowest BCUT2D eigenvalue weighted by Crippen LogP contribution is -2.42. The minimum absolute atomic E-state index is 0.0530. The molecule has 1 fully saturated rings. The van der Waals surface area contributed by atoms with Gasteiger partial charge in [-0.25, -0.2) is 0 Å². The lowest BCUT2D eigenvalue weighted by Gasteiger charge is -2.12. The van der Waals surface area contributed by atoms with Gasteiger partial charge in [-0.15, -0.1) is 0 Å². The first-order chi connectivity index (χ1) is 8.06. The Hall–Kier alpha value is -0.330. The lowest BCUT2D eigenvalue weighted by atomic mass is 10.3. The molecule has 4 nitrogen and oxygen atoms in total. The van der Waals surface area contributed by atoms with Crippen molar-refractivity contribution in [3.63, 3.8) is 0 Å². The first-order valence-corrected chi connectivity index (χ1v) is 7.12. The van der Waals surface area contributed by atoms with Crippen molar-refractivity contribution in [3.05, 3.63) is 21.0 Å². The Labute approximate surface area is 117 Å². The third-order valence-electron chi connectivity index (χ3n) is 2.60. The van der Waals surface area contributed by atoms with Gasteiger partial charge in [0, 0.05) is 6.04 Å². The Kier molecular flexibility index (Phi) is 4.27. The van der Waals surface area contributed by atoms with Crippen LogP contribution >= 0.6 is 31.9 Å². The van der Waals surface area contributed by atoms with Crippen LogP contribution in [0, 0.1) is 0 Å². The zero-order chi connectivity index (χ0) is 12.4. The third-order valence-corrected chi connectivity index (χ3v) is 4.31. The van der Waals surface area contributed by atoms with Crippen molar-refractivity contribution in [1.29, 1.82) is 0 Å². The van der Waals surface area contributed by atoms with Crippen molar-refractivity contribution >= 4 is 37.8 Å². The van der Waals surface area contributed by atoms with E-state index in [-0.39, 0.29) is 11.9 Å². The number of halogens is 2. The molecule has 2 N–H and O–H groups in total. The minimum atomic E-state index is -0.210. The molecule has 94 valence electrons. The monoisotopic (exact) mass is 364 g/mol. The number of hydrogen-bond acceptors (Lipinski definition) is 3. The van der Waals surface area contributed by atoms with Crippen molar-refractivity contribution in [2.24, 2.45) is 0 Å². The summed E-state index contributed by atoms with van der Waals surface area (Å²) in [6, 6.07) is 2.07. The lowest BCUT2D eigenvalue weighted by molar-refractivity contribution is -0.122. The normalized spacial score (nSPS) is 16.9. The number of furan rings is 1. The summed E-state index contributed by atoms with van der Waals surface area (Å²) in [6.07, 6.45) is 2.22. The van der Waals surface area contributed by atoms with E-state index in [0.29, 0.717) is 17.3 Å². The highest BCUT2D eigenvalue weighted by Gasteiger charge is 2.25. The standard InChI is InChI=1S/C11H14Br2N2O2/c1-6(11(16)15-7-2-3-7)14-5-8-4-9(12)10(13)17-8/h4,6-7,14H,2-3,5H2,1H3,(H,15,16). The van der Waals surface area contributed by atoms with Crippen LogP contribution in [0.3, 0.4) is 0 Å². The number of rotatable bonds is 5. The highest BCUT2D eigenvalue weighted by Crippen LogP contribution is 2.26. The van der Waals surface area contributed by atoms with Gasteiger partial charge in [-0.2, -0.15) is 0 Å². The molecule has 1 aromatic heterocycles. The number of carbonyl (C=O) groups excluding carboxylic acids is 1. The average molecular weight is 366 g/mol. The molecule has 1 unspecified atom stereocenters. The summed E-state index contributed by atoms with van der Waals surface area (Å²) in [5.74, 6) is 0.840. The molecule has 0 aromatic carbocycles. The summed E-state index contributed by atoms with van der Waals surface area (Å²) in [5, 5.41) is 6.08. The summed E-state index contributed by atoms with van der Waals surface area (Å²) in [4.78, 5) is 11.7.